The maximum Gasteiger partial charge on any atom is 0.0535 e. The van der Waals surface area contributed by atoms with E-state index in [2.05, 4.69) is 19.3 Å². The average Bonchev–Trinajstić information content (AvgIpc) is 2.82. The lowest BCUT2D eigenvalue weighted by molar-refractivity contribution is 0.143. The summed E-state index contributed by atoms with van der Waals surface area (Å²) >= 11 is 0. The summed E-state index contributed by atoms with van der Waals surface area (Å²) < 4.78 is 5.60. The third-order valence-electron chi connectivity index (χ3n) is 4.30. The van der Waals surface area contributed by atoms with Gasteiger partial charge in [-0.05, 0) is 19.9 Å². The summed E-state index contributed by atoms with van der Waals surface area (Å²) in [5.74, 6) is 0. The minimum atomic E-state index is 0.455. The first-order chi connectivity index (χ1) is 8.83. The van der Waals surface area contributed by atoms with Crippen LogP contribution in [0.1, 0.15) is 71.1 Å². The van der Waals surface area contributed by atoms with Gasteiger partial charge in [-0.15, -0.1) is 0 Å². The molecule has 0 amide bonds. The highest BCUT2D eigenvalue weighted by atomic mass is 16.5. The van der Waals surface area contributed by atoms with Crippen LogP contribution >= 0.6 is 0 Å². The van der Waals surface area contributed by atoms with E-state index in [1.165, 1.54) is 64.2 Å². The highest BCUT2D eigenvalue weighted by Crippen LogP contribution is 2.33. The van der Waals surface area contributed by atoms with E-state index >= 15 is 0 Å². The molecule has 18 heavy (non-hydrogen) atoms. The van der Waals surface area contributed by atoms with Crippen LogP contribution in [-0.4, -0.2) is 26.8 Å². The number of nitrogens with one attached hydrogen (secondary N) is 1. The zero-order chi connectivity index (χ0) is 13.1. The molecule has 0 radical (unpaired) electrons. The Morgan fingerprint density at radius 1 is 1.00 bits per heavy atom. The van der Waals surface area contributed by atoms with Crippen LogP contribution in [0.15, 0.2) is 0 Å². The average molecular weight is 255 g/mol. The molecule has 0 aromatic heterocycles. The molecular formula is C16H33NO. The number of ether oxygens (including phenoxy) is 1. The Morgan fingerprint density at radius 2 is 1.67 bits per heavy atom. The van der Waals surface area contributed by atoms with E-state index in [0.717, 1.165) is 19.8 Å². The lowest BCUT2D eigenvalue weighted by Crippen LogP contribution is -2.33. The van der Waals surface area contributed by atoms with Crippen LogP contribution in [0.3, 0.4) is 0 Å². The summed E-state index contributed by atoms with van der Waals surface area (Å²) in [6, 6.07) is 0. The molecule has 1 saturated heterocycles. The highest BCUT2D eigenvalue weighted by molar-refractivity contribution is 4.84. The Labute approximate surface area is 114 Å². The molecule has 1 rings (SSSR count). The third-order valence-corrected chi connectivity index (χ3v) is 4.30. The molecule has 2 heteroatoms. The van der Waals surface area contributed by atoms with Gasteiger partial charge in [-0.2, -0.15) is 0 Å². The molecule has 1 aliphatic heterocycles. The van der Waals surface area contributed by atoms with E-state index in [1.807, 2.05) is 0 Å². The fourth-order valence-corrected chi connectivity index (χ4v) is 3.08. The number of unbranched alkanes of at least 4 members (excludes halogenated alkanes) is 7. The summed E-state index contributed by atoms with van der Waals surface area (Å²) in [6.07, 6.45) is 13.9. The van der Waals surface area contributed by atoms with Crippen LogP contribution in [0.2, 0.25) is 0 Å². The van der Waals surface area contributed by atoms with E-state index in [4.69, 9.17) is 4.74 Å². The van der Waals surface area contributed by atoms with E-state index < -0.39 is 0 Å². The summed E-state index contributed by atoms with van der Waals surface area (Å²) in [4.78, 5) is 0. The zero-order valence-corrected chi connectivity index (χ0v) is 12.6. The van der Waals surface area contributed by atoms with Crippen molar-refractivity contribution in [2.45, 2.75) is 71.1 Å². The maximum atomic E-state index is 5.60. The Balaban J connectivity index is 1.98. The van der Waals surface area contributed by atoms with Gasteiger partial charge < -0.3 is 10.1 Å². The standard InChI is InChI=1S/C16H33NO/c1-3-4-5-6-7-8-9-10-11-16(14-17-2)12-13-18-15-16/h17H,3-15H2,1-2H3. The van der Waals surface area contributed by atoms with Crippen LogP contribution in [0.4, 0.5) is 0 Å². The van der Waals surface area contributed by atoms with Gasteiger partial charge in [0.25, 0.3) is 0 Å². The fraction of sp³-hybridized carbons (Fsp3) is 1.00. The smallest absolute Gasteiger partial charge is 0.0535 e. The van der Waals surface area contributed by atoms with Gasteiger partial charge in [-0.25, -0.2) is 0 Å². The predicted molar refractivity (Wildman–Crippen MR) is 79.0 cm³/mol. The maximum absolute atomic E-state index is 5.60. The van der Waals surface area contributed by atoms with E-state index in [9.17, 15) is 0 Å². The zero-order valence-electron chi connectivity index (χ0n) is 12.6. The third kappa shape index (κ3) is 6.19. The first-order valence-electron chi connectivity index (χ1n) is 8.05. The van der Waals surface area contributed by atoms with Crippen LogP contribution in [0, 0.1) is 5.41 Å². The minimum absolute atomic E-state index is 0.455. The van der Waals surface area contributed by atoms with Crippen LogP contribution in [0.5, 0.6) is 0 Å². The second-order valence-electron chi connectivity index (χ2n) is 6.06. The van der Waals surface area contributed by atoms with Gasteiger partial charge in [-0.1, -0.05) is 58.3 Å². The Kier molecular flexibility index (Phi) is 8.70. The molecule has 1 aliphatic rings. The lowest BCUT2D eigenvalue weighted by atomic mass is 9.81. The van der Waals surface area contributed by atoms with Crippen molar-refractivity contribution in [3.05, 3.63) is 0 Å². The van der Waals surface area contributed by atoms with Crippen molar-refractivity contribution in [2.24, 2.45) is 5.41 Å². The molecule has 0 bridgehead atoms. The number of hydrogen-bond donors (Lipinski definition) is 1. The van der Waals surface area contributed by atoms with Gasteiger partial charge in [-0.3, -0.25) is 0 Å². The molecule has 1 N–H and O–H groups in total. The van der Waals surface area contributed by atoms with Crippen molar-refractivity contribution < 1.29 is 4.74 Å². The fourth-order valence-electron chi connectivity index (χ4n) is 3.08. The Bertz CT molecular complexity index is 188. The van der Waals surface area contributed by atoms with Crippen molar-refractivity contribution in [2.75, 3.05) is 26.8 Å². The van der Waals surface area contributed by atoms with Crippen LogP contribution < -0.4 is 5.32 Å². The van der Waals surface area contributed by atoms with Crippen molar-refractivity contribution in [3.63, 3.8) is 0 Å². The quantitative estimate of drug-likeness (QED) is 0.560. The van der Waals surface area contributed by atoms with Gasteiger partial charge in [0.1, 0.15) is 0 Å². The Hall–Kier alpha value is -0.0800. The van der Waals surface area contributed by atoms with Gasteiger partial charge in [0, 0.05) is 18.6 Å². The largest absolute Gasteiger partial charge is 0.381 e. The minimum Gasteiger partial charge on any atom is -0.381 e. The summed E-state index contributed by atoms with van der Waals surface area (Å²) in [5, 5.41) is 3.35. The van der Waals surface area contributed by atoms with Gasteiger partial charge >= 0.3 is 0 Å². The van der Waals surface area contributed by atoms with Crippen molar-refractivity contribution in [1.29, 1.82) is 0 Å². The molecule has 1 unspecified atom stereocenters. The van der Waals surface area contributed by atoms with E-state index in [1.54, 1.807) is 0 Å². The molecule has 2 nitrogen and oxygen atoms in total. The topological polar surface area (TPSA) is 21.3 Å². The first kappa shape index (κ1) is 16.0. The molecule has 1 fully saturated rings. The molecule has 1 atom stereocenters. The summed E-state index contributed by atoms with van der Waals surface area (Å²) in [5.41, 5.74) is 0.455. The summed E-state index contributed by atoms with van der Waals surface area (Å²) in [6.45, 7) is 5.36. The van der Waals surface area contributed by atoms with Gasteiger partial charge in [0.15, 0.2) is 0 Å². The second kappa shape index (κ2) is 9.80. The second-order valence-corrected chi connectivity index (χ2v) is 6.06. The molecule has 0 saturated carbocycles. The number of hydrogen-bond acceptors (Lipinski definition) is 2. The van der Waals surface area contributed by atoms with Gasteiger partial charge in [0.2, 0.25) is 0 Å². The monoisotopic (exact) mass is 255 g/mol. The van der Waals surface area contributed by atoms with Crippen molar-refractivity contribution in [3.8, 4) is 0 Å². The van der Waals surface area contributed by atoms with E-state index in [-0.39, 0.29) is 0 Å². The lowest BCUT2D eigenvalue weighted by Gasteiger charge is -2.27. The number of rotatable bonds is 11. The van der Waals surface area contributed by atoms with Crippen LogP contribution in [0.25, 0.3) is 0 Å². The molecule has 0 spiro atoms. The van der Waals surface area contributed by atoms with Crippen LogP contribution in [-0.2, 0) is 4.74 Å². The van der Waals surface area contributed by atoms with Gasteiger partial charge in [0.05, 0.1) is 6.61 Å². The molecule has 0 aromatic rings. The SMILES string of the molecule is CCCCCCCCCCC1(CNC)CCOC1. The molecule has 0 aromatic carbocycles. The Morgan fingerprint density at radius 3 is 2.22 bits per heavy atom. The normalized spacial score (nSPS) is 23.7. The van der Waals surface area contributed by atoms with E-state index in [0.29, 0.717) is 5.41 Å². The molecule has 0 aliphatic carbocycles. The van der Waals surface area contributed by atoms with Crippen molar-refractivity contribution >= 4 is 0 Å². The molecule has 1 heterocycles. The molecular weight excluding hydrogens is 222 g/mol. The predicted octanol–water partition coefficient (Wildman–Crippen LogP) is 4.14. The summed E-state index contributed by atoms with van der Waals surface area (Å²) in [7, 11) is 2.06. The first-order valence-corrected chi connectivity index (χ1v) is 8.05. The van der Waals surface area contributed by atoms with Crippen molar-refractivity contribution in [1.82, 2.24) is 5.32 Å². The molecule has 108 valence electrons. The highest BCUT2D eigenvalue weighted by Gasteiger charge is 2.33.